The molecule has 2 aromatic heterocycles. The minimum absolute atomic E-state index is 0.0204. The Kier molecular flexibility index (Phi) is 3.64. The fourth-order valence-corrected chi connectivity index (χ4v) is 2.45. The van der Waals surface area contributed by atoms with Crippen LogP contribution in [0.2, 0.25) is 0 Å². The summed E-state index contributed by atoms with van der Waals surface area (Å²) in [7, 11) is 0. The van der Waals surface area contributed by atoms with Gasteiger partial charge in [-0.3, -0.25) is 9.59 Å². The van der Waals surface area contributed by atoms with E-state index in [9.17, 15) is 9.59 Å². The quantitative estimate of drug-likeness (QED) is 0.759. The molecule has 0 atom stereocenters. The van der Waals surface area contributed by atoms with Gasteiger partial charge in [0.1, 0.15) is 0 Å². The third-order valence-corrected chi connectivity index (χ3v) is 3.97. The molecule has 0 unspecified atom stereocenters. The van der Waals surface area contributed by atoms with Crippen LogP contribution in [0.15, 0.2) is 36.5 Å². The van der Waals surface area contributed by atoms with Crippen molar-refractivity contribution in [3.05, 3.63) is 48.0 Å². The first kappa shape index (κ1) is 15.3. The SMILES string of the molecule is Cc1ccnc2nc(C(=O)Nc3cccc(NC(=O)C4CC4)c3)nn12. The van der Waals surface area contributed by atoms with Gasteiger partial charge in [0.05, 0.1) is 0 Å². The predicted octanol–water partition coefficient (Wildman–Crippen LogP) is 2.03. The molecule has 0 saturated heterocycles. The van der Waals surface area contributed by atoms with Crippen molar-refractivity contribution in [1.29, 1.82) is 0 Å². The number of aryl methyl sites for hydroxylation is 1. The van der Waals surface area contributed by atoms with Gasteiger partial charge in [-0.25, -0.2) is 9.50 Å². The lowest BCUT2D eigenvalue weighted by atomic mass is 10.2. The van der Waals surface area contributed by atoms with Crippen LogP contribution in [-0.4, -0.2) is 31.4 Å². The van der Waals surface area contributed by atoms with Crippen molar-refractivity contribution in [2.24, 2.45) is 5.92 Å². The molecule has 1 saturated carbocycles. The fourth-order valence-electron chi connectivity index (χ4n) is 2.45. The van der Waals surface area contributed by atoms with Crippen LogP contribution in [0, 0.1) is 12.8 Å². The second-order valence-electron chi connectivity index (χ2n) is 6.03. The van der Waals surface area contributed by atoms with Crippen molar-refractivity contribution in [3.63, 3.8) is 0 Å². The van der Waals surface area contributed by atoms with E-state index in [-0.39, 0.29) is 17.6 Å². The maximum Gasteiger partial charge on any atom is 0.295 e. The minimum Gasteiger partial charge on any atom is -0.326 e. The molecule has 2 N–H and O–H groups in total. The number of carbonyl (C=O) groups excluding carboxylic acids is 2. The number of rotatable bonds is 4. The first-order valence-corrected chi connectivity index (χ1v) is 8.01. The highest BCUT2D eigenvalue weighted by atomic mass is 16.2. The molecule has 1 fully saturated rings. The van der Waals surface area contributed by atoms with Crippen LogP contribution in [0.5, 0.6) is 0 Å². The number of nitrogens with zero attached hydrogens (tertiary/aromatic N) is 4. The summed E-state index contributed by atoms with van der Waals surface area (Å²) in [6, 6.07) is 8.78. The Morgan fingerprint density at radius 3 is 2.64 bits per heavy atom. The second kappa shape index (κ2) is 5.97. The van der Waals surface area contributed by atoms with Gasteiger partial charge in [-0.2, -0.15) is 4.98 Å². The maximum absolute atomic E-state index is 12.4. The number of anilines is 2. The Hall–Kier alpha value is -3.29. The van der Waals surface area contributed by atoms with Gasteiger partial charge in [0, 0.05) is 29.2 Å². The second-order valence-corrected chi connectivity index (χ2v) is 6.03. The number of nitrogens with one attached hydrogen (secondary N) is 2. The summed E-state index contributed by atoms with van der Waals surface area (Å²) in [5.41, 5.74) is 2.04. The molecule has 0 spiro atoms. The molecule has 1 aliphatic carbocycles. The van der Waals surface area contributed by atoms with Crippen LogP contribution in [0.3, 0.4) is 0 Å². The van der Waals surface area contributed by atoms with Crippen LogP contribution in [0.1, 0.15) is 29.2 Å². The summed E-state index contributed by atoms with van der Waals surface area (Å²) in [4.78, 5) is 32.4. The van der Waals surface area contributed by atoms with Crippen LogP contribution in [-0.2, 0) is 4.79 Å². The van der Waals surface area contributed by atoms with Crippen LogP contribution >= 0.6 is 0 Å². The molecule has 8 heteroatoms. The van der Waals surface area contributed by atoms with Crippen LogP contribution in [0.4, 0.5) is 11.4 Å². The number of aromatic nitrogens is 4. The lowest BCUT2D eigenvalue weighted by Gasteiger charge is -2.07. The minimum atomic E-state index is -0.435. The van der Waals surface area contributed by atoms with Gasteiger partial charge >= 0.3 is 0 Å². The first-order chi connectivity index (χ1) is 12.1. The van der Waals surface area contributed by atoms with E-state index in [4.69, 9.17) is 0 Å². The molecule has 3 aromatic rings. The molecule has 0 bridgehead atoms. The first-order valence-electron chi connectivity index (χ1n) is 8.01. The molecule has 1 aliphatic rings. The average Bonchev–Trinajstić information content (AvgIpc) is 3.34. The van der Waals surface area contributed by atoms with Crippen LogP contribution < -0.4 is 10.6 Å². The van der Waals surface area contributed by atoms with E-state index >= 15 is 0 Å². The van der Waals surface area contributed by atoms with E-state index in [2.05, 4.69) is 25.7 Å². The summed E-state index contributed by atoms with van der Waals surface area (Å²) < 4.78 is 1.52. The highest BCUT2D eigenvalue weighted by Gasteiger charge is 2.29. The van der Waals surface area contributed by atoms with E-state index in [0.29, 0.717) is 17.2 Å². The normalized spacial score (nSPS) is 13.6. The van der Waals surface area contributed by atoms with Gasteiger partial charge in [0.2, 0.25) is 11.7 Å². The van der Waals surface area contributed by atoms with Crippen molar-refractivity contribution >= 4 is 29.0 Å². The number of hydrogen-bond acceptors (Lipinski definition) is 5. The topological polar surface area (TPSA) is 101 Å². The van der Waals surface area contributed by atoms with E-state index in [1.165, 1.54) is 4.52 Å². The van der Waals surface area contributed by atoms with Gasteiger partial charge in [-0.15, -0.1) is 5.10 Å². The molecule has 126 valence electrons. The van der Waals surface area contributed by atoms with Crippen molar-refractivity contribution < 1.29 is 9.59 Å². The zero-order valence-electron chi connectivity index (χ0n) is 13.6. The van der Waals surface area contributed by atoms with Crippen LogP contribution in [0.25, 0.3) is 5.78 Å². The summed E-state index contributed by atoms with van der Waals surface area (Å²) in [5.74, 6) is 0.114. The Morgan fingerprint density at radius 2 is 1.92 bits per heavy atom. The van der Waals surface area contributed by atoms with Gasteiger partial charge in [-0.05, 0) is 44.0 Å². The van der Waals surface area contributed by atoms with Crippen molar-refractivity contribution in [1.82, 2.24) is 19.6 Å². The van der Waals surface area contributed by atoms with Gasteiger partial charge in [-0.1, -0.05) is 6.07 Å². The molecule has 2 amide bonds. The standard InChI is InChI=1S/C17H16N6O2/c1-10-7-8-18-17-21-14(22-23(10)17)16(25)20-13-4-2-3-12(9-13)19-15(24)11-5-6-11/h2-4,7-9,11H,5-6H2,1H3,(H,19,24)(H,20,25). The summed E-state index contributed by atoms with van der Waals surface area (Å²) in [5, 5.41) is 9.76. The highest BCUT2D eigenvalue weighted by Crippen LogP contribution is 2.30. The summed E-state index contributed by atoms with van der Waals surface area (Å²) in [6.45, 7) is 1.86. The Balaban J connectivity index is 1.51. The number of hydrogen-bond donors (Lipinski definition) is 2. The lowest BCUT2D eigenvalue weighted by molar-refractivity contribution is -0.117. The molecule has 0 aliphatic heterocycles. The third-order valence-electron chi connectivity index (χ3n) is 3.97. The molecule has 8 nitrogen and oxygen atoms in total. The zero-order valence-corrected chi connectivity index (χ0v) is 13.6. The van der Waals surface area contributed by atoms with Crippen molar-refractivity contribution in [3.8, 4) is 0 Å². The third kappa shape index (κ3) is 3.18. The van der Waals surface area contributed by atoms with Gasteiger partial charge < -0.3 is 10.6 Å². The Morgan fingerprint density at radius 1 is 1.16 bits per heavy atom. The molecule has 25 heavy (non-hydrogen) atoms. The maximum atomic E-state index is 12.4. The molecular formula is C17H16N6O2. The van der Waals surface area contributed by atoms with Crippen molar-refractivity contribution in [2.45, 2.75) is 19.8 Å². The largest absolute Gasteiger partial charge is 0.326 e. The van der Waals surface area contributed by atoms with E-state index < -0.39 is 5.91 Å². The monoisotopic (exact) mass is 336 g/mol. The van der Waals surface area contributed by atoms with Gasteiger partial charge in [0.25, 0.3) is 11.7 Å². The predicted molar refractivity (Wildman–Crippen MR) is 91.3 cm³/mol. The lowest BCUT2D eigenvalue weighted by Crippen LogP contribution is -2.15. The Bertz CT molecular complexity index is 976. The Labute approximate surface area is 143 Å². The highest BCUT2D eigenvalue weighted by molar-refractivity contribution is 6.02. The molecule has 2 heterocycles. The molecule has 0 radical (unpaired) electrons. The number of fused-ring (bicyclic) bond motifs is 1. The molecule has 1 aromatic carbocycles. The summed E-state index contributed by atoms with van der Waals surface area (Å²) in [6.07, 6.45) is 3.50. The summed E-state index contributed by atoms with van der Waals surface area (Å²) >= 11 is 0. The van der Waals surface area contributed by atoms with E-state index in [0.717, 1.165) is 18.5 Å². The fraction of sp³-hybridized carbons (Fsp3) is 0.235. The number of amides is 2. The number of benzene rings is 1. The number of carbonyl (C=O) groups is 2. The smallest absolute Gasteiger partial charge is 0.295 e. The van der Waals surface area contributed by atoms with Gasteiger partial charge in [0.15, 0.2) is 0 Å². The molecular weight excluding hydrogens is 320 g/mol. The zero-order chi connectivity index (χ0) is 17.4. The average molecular weight is 336 g/mol. The van der Waals surface area contributed by atoms with E-state index in [1.54, 1.807) is 36.5 Å². The van der Waals surface area contributed by atoms with E-state index in [1.807, 2.05) is 6.92 Å². The molecule has 4 rings (SSSR count). The van der Waals surface area contributed by atoms with Crippen molar-refractivity contribution in [2.75, 3.05) is 10.6 Å².